The molecule has 0 saturated carbocycles. The highest BCUT2D eigenvalue weighted by Crippen LogP contribution is 2.26. The second-order valence-corrected chi connectivity index (χ2v) is 9.39. The SMILES string of the molecule is Cc1ccc(C(=O)NCCCc2nc3ccccc3n2CCOc2ccccc2C(C)C)c(C)c1. The lowest BCUT2D eigenvalue weighted by Gasteiger charge is -2.15. The summed E-state index contributed by atoms with van der Waals surface area (Å²) in [6.45, 7) is 10.3. The molecule has 0 saturated heterocycles. The first-order chi connectivity index (χ1) is 16.9. The number of fused-ring (bicyclic) bond motifs is 1. The van der Waals surface area contributed by atoms with Crippen LogP contribution in [-0.4, -0.2) is 28.6 Å². The van der Waals surface area contributed by atoms with E-state index in [0.29, 0.717) is 19.1 Å². The zero-order valence-corrected chi connectivity index (χ0v) is 21.2. The van der Waals surface area contributed by atoms with Gasteiger partial charge in [-0.2, -0.15) is 0 Å². The molecule has 0 bridgehead atoms. The van der Waals surface area contributed by atoms with Gasteiger partial charge in [0.05, 0.1) is 17.6 Å². The maximum absolute atomic E-state index is 12.6. The van der Waals surface area contributed by atoms with E-state index < -0.39 is 0 Å². The molecular weight excluding hydrogens is 434 g/mol. The fourth-order valence-electron chi connectivity index (χ4n) is 4.51. The molecule has 3 aromatic carbocycles. The normalized spacial score (nSPS) is 11.2. The van der Waals surface area contributed by atoms with Crippen LogP contribution in [0.4, 0.5) is 0 Å². The van der Waals surface area contributed by atoms with Crippen LogP contribution < -0.4 is 10.1 Å². The number of rotatable bonds is 10. The van der Waals surface area contributed by atoms with Crippen molar-refractivity contribution in [3.8, 4) is 5.75 Å². The van der Waals surface area contributed by atoms with Crippen LogP contribution >= 0.6 is 0 Å². The highest BCUT2D eigenvalue weighted by molar-refractivity contribution is 5.95. The molecule has 4 aromatic rings. The fourth-order valence-corrected chi connectivity index (χ4v) is 4.51. The second-order valence-electron chi connectivity index (χ2n) is 9.39. The van der Waals surface area contributed by atoms with Gasteiger partial charge in [-0.05, 0) is 61.6 Å². The van der Waals surface area contributed by atoms with Crippen molar-refractivity contribution in [2.24, 2.45) is 0 Å². The molecule has 0 unspecified atom stereocenters. The molecule has 4 rings (SSSR count). The number of nitrogens with zero attached hydrogens (tertiary/aromatic N) is 2. The first-order valence-electron chi connectivity index (χ1n) is 12.5. The standard InChI is InChI=1S/C30H35N3O2/c1-21(2)24-10-5-8-13-28(24)35-19-18-33-27-12-7-6-11-26(27)32-29(33)14-9-17-31-30(34)25-16-15-22(3)20-23(25)4/h5-8,10-13,15-16,20-21H,9,14,17-19H2,1-4H3,(H,31,34). The average molecular weight is 470 g/mol. The maximum Gasteiger partial charge on any atom is 0.251 e. The zero-order chi connectivity index (χ0) is 24.8. The largest absolute Gasteiger partial charge is 0.491 e. The number of carbonyl (C=O) groups is 1. The molecule has 1 amide bonds. The lowest BCUT2D eigenvalue weighted by atomic mass is 10.0. The van der Waals surface area contributed by atoms with Crippen molar-refractivity contribution >= 4 is 16.9 Å². The minimum atomic E-state index is -0.0202. The zero-order valence-electron chi connectivity index (χ0n) is 21.2. The number of hydrogen-bond donors (Lipinski definition) is 1. The van der Waals surface area contributed by atoms with Gasteiger partial charge < -0.3 is 14.6 Å². The van der Waals surface area contributed by atoms with Gasteiger partial charge in [0.25, 0.3) is 5.91 Å². The summed E-state index contributed by atoms with van der Waals surface area (Å²) in [6, 6.07) is 22.4. The van der Waals surface area contributed by atoms with Gasteiger partial charge in [0.15, 0.2) is 0 Å². The Hall–Kier alpha value is -3.60. The number of imidazole rings is 1. The number of aryl methyl sites for hydroxylation is 3. The summed E-state index contributed by atoms with van der Waals surface area (Å²) < 4.78 is 8.44. The summed E-state index contributed by atoms with van der Waals surface area (Å²) >= 11 is 0. The quantitative estimate of drug-likeness (QED) is 0.281. The molecular formula is C30H35N3O2. The maximum atomic E-state index is 12.6. The Bertz CT molecular complexity index is 1310. The molecule has 0 aliphatic rings. The molecule has 0 fully saturated rings. The van der Waals surface area contributed by atoms with E-state index in [9.17, 15) is 4.79 Å². The fraction of sp³-hybridized carbons (Fsp3) is 0.333. The third-order valence-corrected chi connectivity index (χ3v) is 6.34. The smallest absolute Gasteiger partial charge is 0.251 e. The van der Waals surface area contributed by atoms with E-state index in [1.54, 1.807) is 0 Å². The number of amides is 1. The number of hydrogen-bond acceptors (Lipinski definition) is 3. The van der Waals surface area contributed by atoms with Gasteiger partial charge in [0.1, 0.15) is 18.2 Å². The lowest BCUT2D eigenvalue weighted by Crippen LogP contribution is -2.25. The Morgan fingerprint density at radius 2 is 1.80 bits per heavy atom. The first-order valence-corrected chi connectivity index (χ1v) is 12.5. The van der Waals surface area contributed by atoms with E-state index in [1.807, 2.05) is 62.4 Å². The van der Waals surface area contributed by atoms with Crippen molar-refractivity contribution in [1.29, 1.82) is 0 Å². The molecule has 1 heterocycles. The Balaban J connectivity index is 1.39. The van der Waals surface area contributed by atoms with Crippen LogP contribution in [0.25, 0.3) is 11.0 Å². The predicted molar refractivity (Wildman–Crippen MR) is 142 cm³/mol. The number of benzene rings is 3. The number of carbonyl (C=O) groups excluding carboxylic acids is 1. The van der Waals surface area contributed by atoms with E-state index in [2.05, 4.69) is 41.9 Å². The molecule has 0 aliphatic heterocycles. The second kappa shape index (κ2) is 11.2. The number of para-hydroxylation sites is 3. The van der Waals surface area contributed by atoms with E-state index >= 15 is 0 Å². The Morgan fingerprint density at radius 3 is 2.60 bits per heavy atom. The molecule has 0 radical (unpaired) electrons. The van der Waals surface area contributed by atoms with Crippen molar-refractivity contribution < 1.29 is 9.53 Å². The third-order valence-electron chi connectivity index (χ3n) is 6.34. The highest BCUT2D eigenvalue weighted by Gasteiger charge is 2.13. The van der Waals surface area contributed by atoms with Crippen molar-refractivity contribution in [3.05, 3.63) is 94.8 Å². The summed E-state index contributed by atoms with van der Waals surface area (Å²) in [7, 11) is 0. The van der Waals surface area contributed by atoms with Gasteiger partial charge in [-0.1, -0.05) is 61.9 Å². The van der Waals surface area contributed by atoms with Gasteiger partial charge in [-0.3, -0.25) is 4.79 Å². The number of aromatic nitrogens is 2. The predicted octanol–water partition coefficient (Wildman–Crippen LogP) is 6.22. The molecule has 5 nitrogen and oxygen atoms in total. The number of ether oxygens (including phenoxy) is 1. The van der Waals surface area contributed by atoms with Gasteiger partial charge >= 0.3 is 0 Å². The summed E-state index contributed by atoms with van der Waals surface area (Å²) in [5.41, 5.74) is 6.23. The molecule has 5 heteroatoms. The minimum Gasteiger partial charge on any atom is -0.491 e. The summed E-state index contributed by atoms with van der Waals surface area (Å²) in [4.78, 5) is 17.5. The van der Waals surface area contributed by atoms with Crippen LogP contribution in [0.5, 0.6) is 5.75 Å². The van der Waals surface area contributed by atoms with E-state index in [0.717, 1.165) is 58.7 Å². The Kier molecular flexibility index (Phi) is 7.86. The molecule has 35 heavy (non-hydrogen) atoms. The summed E-state index contributed by atoms with van der Waals surface area (Å²) in [5, 5.41) is 3.06. The third kappa shape index (κ3) is 5.91. The lowest BCUT2D eigenvalue weighted by molar-refractivity contribution is 0.0952. The van der Waals surface area contributed by atoms with Crippen LogP contribution in [0.15, 0.2) is 66.7 Å². The topological polar surface area (TPSA) is 56.2 Å². The summed E-state index contributed by atoms with van der Waals surface area (Å²) in [5.74, 6) is 2.36. The van der Waals surface area contributed by atoms with Crippen LogP contribution in [0.2, 0.25) is 0 Å². The van der Waals surface area contributed by atoms with Crippen LogP contribution in [-0.2, 0) is 13.0 Å². The van der Waals surface area contributed by atoms with Crippen LogP contribution in [0, 0.1) is 13.8 Å². The molecule has 0 aliphatic carbocycles. The summed E-state index contributed by atoms with van der Waals surface area (Å²) in [6.07, 6.45) is 1.60. The van der Waals surface area contributed by atoms with Crippen molar-refractivity contribution in [2.45, 2.75) is 53.0 Å². The van der Waals surface area contributed by atoms with Crippen molar-refractivity contribution in [3.63, 3.8) is 0 Å². The molecule has 0 atom stereocenters. The Labute approximate surface area is 208 Å². The van der Waals surface area contributed by atoms with E-state index in [-0.39, 0.29) is 5.91 Å². The minimum absolute atomic E-state index is 0.0202. The van der Waals surface area contributed by atoms with Crippen LogP contribution in [0.3, 0.4) is 0 Å². The van der Waals surface area contributed by atoms with E-state index in [4.69, 9.17) is 9.72 Å². The molecule has 0 spiro atoms. The number of nitrogens with one attached hydrogen (secondary N) is 1. The van der Waals surface area contributed by atoms with Gasteiger partial charge in [0, 0.05) is 18.5 Å². The molecule has 182 valence electrons. The average Bonchev–Trinajstić information content (AvgIpc) is 3.19. The highest BCUT2D eigenvalue weighted by atomic mass is 16.5. The first kappa shape index (κ1) is 24.5. The van der Waals surface area contributed by atoms with Gasteiger partial charge in [-0.15, -0.1) is 0 Å². The van der Waals surface area contributed by atoms with Crippen LogP contribution in [0.1, 0.15) is 59.1 Å². The molecule has 1 aromatic heterocycles. The monoisotopic (exact) mass is 469 g/mol. The van der Waals surface area contributed by atoms with Gasteiger partial charge in [0.2, 0.25) is 0 Å². The molecule has 1 N–H and O–H groups in total. The van der Waals surface area contributed by atoms with E-state index in [1.165, 1.54) is 5.56 Å². The van der Waals surface area contributed by atoms with Crippen molar-refractivity contribution in [1.82, 2.24) is 14.9 Å². The Morgan fingerprint density at radius 1 is 1.03 bits per heavy atom. The van der Waals surface area contributed by atoms with Gasteiger partial charge in [-0.25, -0.2) is 4.98 Å². The van der Waals surface area contributed by atoms with Crippen molar-refractivity contribution in [2.75, 3.05) is 13.2 Å².